The highest BCUT2D eigenvalue weighted by Crippen LogP contribution is 2.45. The van der Waals surface area contributed by atoms with E-state index in [1.165, 1.54) is 37.3 Å². The average Bonchev–Trinajstić information content (AvgIpc) is 3.53. The number of phenolic OH excluding ortho intramolecular Hbond substituents is 1. The van der Waals surface area contributed by atoms with Crippen molar-refractivity contribution in [3.05, 3.63) is 90.1 Å². The van der Waals surface area contributed by atoms with Crippen LogP contribution in [0.5, 0.6) is 23.1 Å². The van der Waals surface area contributed by atoms with E-state index in [4.69, 9.17) is 9.47 Å². The molecule has 0 atom stereocenters. The van der Waals surface area contributed by atoms with Crippen LogP contribution in [0.1, 0.15) is 16.1 Å². The fourth-order valence-electron chi connectivity index (χ4n) is 5.74. The number of carboxylic acids is 1. The first-order chi connectivity index (χ1) is 30.6. The molecule has 5 aromatic carbocycles. The molecule has 0 unspecified atom stereocenters. The number of aryl methyl sites for hydroxylation is 1. The van der Waals surface area contributed by atoms with Gasteiger partial charge in [-0.05, 0) is 79.0 Å². The minimum atomic E-state index is -5.18. The van der Waals surface area contributed by atoms with Crippen molar-refractivity contribution in [1.29, 1.82) is 0 Å². The number of benzene rings is 5. The van der Waals surface area contributed by atoms with Gasteiger partial charge in [0.2, 0.25) is 5.88 Å². The zero-order valence-electron chi connectivity index (χ0n) is 32.9. The molecule has 0 aliphatic carbocycles. The molecule has 0 aliphatic heterocycles. The van der Waals surface area contributed by atoms with Crippen LogP contribution in [0.4, 0.5) is 34.1 Å². The summed E-state index contributed by atoms with van der Waals surface area (Å²) in [4.78, 5) is 9.84. The van der Waals surface area contributed by atoms with Crippen LogP contribution in [0.25, 0.3) is 16.5 Å². The molecule has 0 saturated carbocycles. The topological polar surface area (TPSA) is 392 Å². The third-order valence-electron chi connectivity index (χ3n) is 8.72. The van der Waals surface area contributed by atoms with Crippen LogP contribution in [-0.2, 0) is 30.4 Å². The molecule has 65 heavy (non-hydrogen) atoms. The summed E-state index contributed by atoms with van der Waals surface area (Å²) in [5.41, 5.74) is -1.94. The molecule has 0 radical (unpaired) electrons. The number of carbonyl (C=O) groups is 1. The molecule has 0 fully saturated rings. The lowest BCUT2D eigenvalue weighted by Crippen LogP contribution is -2.04. The second-order valence-electron chi connectivity index (χ2n) is 13.1. The summed E-state index contributed by atoms with van der Waals surface area (Å²) in [7, 11) is -14.4. The second kappa shape index (κ2) is 18.8. The van der Waals surface area contributed by atoms with Crippen LogP contribution in [-0.4, -0.2) is 107 Å². The largest absolute Gasteiger partial charge is 0.505 e. The zero-order valence-corrected chi connectivity index (χ0v) is 35.3. The molecule has 8 N–H and O–H groups in total. The molecule has 340 valence electrons. The van der Waals surface area contributed by atoms with Gasteiger partial charge in [-0.3, -0.25) is 13.7 Å². The first kappa shape index (κ1) is 47.2. The fourth-order valence-corrected chi connectivity index (χ4v) is 7.39. The predicted octanol–water partition coefficient (Wildman–Crippen LogP) is 6.17. The molecule has 1 aromatic heterocycles. The number of azo groups is 3. The van der Waals surface area contributed by atoms with E-state index >= 15 is 0 Å². The normalized spacial score (nSPS) is 12.5. The highest BCUT2D eigenvalue weighted by Gasteiger charge is 2.25. The van der Waals surface area contributed by atoms with E-state index in [1.807, 2.05) is 0 Å². The Hall–Kier alpha value is -7.31. The Morgan fingerprint density at radius 2 is 1.20 bits per heavy atom. The molecule has 28 heteroatoms. The van der Waals surface area contributed by atoms with Gasteiger partial charge in [0.15, 0.2) is 11.4 Å². The number of carboxylic acid groups (broad SMARTS) is 1. The number of fused-ring (bicyclic) bond motifs is 1. The number of aliphatic hydroxyl groups is 2. The van der Waals surface area contributed by atoms with Gasteiger partial charge in [-0.2, -0.15) is 40.1 Å². The van der Waals surface area contributed by atoms with E-state index in [-0.39, 0.29) is 80.2 Å². The van der Waals surface area contributed by atoms with Crippen molar-refractivity contribution in [2.75, 3.05) is 26.4 Å². The maximum atomic E-state index is 12.7. The number of aromatic hydroxyl groups is 2. The van der Waals surface area contributed by atoms with E-state index < -0.39 is 82.2 Å². The van der Waals surface area contributed by atoms with Crippen molar-refractivity contribution in [2.24, 2.45) is 30.7 Å². The summed E-state index contributed by atoms with van der Waals surface area (Å²) < 4.78 is 112. The molecule has 0 spiro atoms. The van der Waals surface area contributed by atoms with Crippen LogP contribution in [0.2, 0.25) is 0 Å². The smallest absolute Gasteiger partial charge is 0.338 e. The summed E-state index contributed by atoms with van der Waals surface area (Å²) in [6, 6.07) is 14.3. The van der Waals surface area contributed by atoms with Crippen molar-refractivity contribution >= 4 is 81.2 Å². The Morgan fingerprint density at radius 1 is 0.646 bits per heavy atom. The van der Waals surface area contributed by atoms with E-state index in [0.29, 0.717) is 6.07 Å². The Labute approximate surface area is 366 Å². The molecule has 0 saturated heterocycles. The molecule has 0 aliphatic rings. The fraction of sp³-hybridized carbons (Fsp3) is 0.135. The molecule has 25 nitrogen and oxygen atoms in total. The van der Waals surface area contributed by atoms with Gasteiger partial charge in [0, 0.05) is 17.5 Å². The Balaban J connectivity index is 1.39. The molecular weight excluding hydrogens is 925 g/mol. The maximum absolute atomic E-state index is 12.7. The molecule has 6 rings (SSSR count). The first-order valence-corrected chi connectivity index (χ1v) is 22.3. The average molecular weight is 957 g/mol. The Morgan fingerprint density at radius 3 is 1.75 bits per heavy atom. The van der Waals surface area contributed by atoms with Gasteiger partial charge in [0.1, 0.15) is 52.4 Å². The van der Waals surface area contributed by atoms with Gasteiger partial charge in [-0.1, -0.05) is 0 Å². The van der Waals surface area contributed by atoms with Gasteiger partial charge < -0.3 is 35.0 Å². The maximum Gasteiger partial charge on any atom is 0.338 e. The Bertz CT molecular complexity index is 3290. The number of aliphatic hydroxyl groups excluding tert-OH is 2. The van der Waals surface area contributed by atoms with Gasteiger partial charge in [-0.25, -0.2) is 4.79 Å². The molecule has 0 bridgehead atoms. The molecule has 0 amide bonds. The summed E-state index contributed by atoms with van der Waals surface area (Å²) in [5.74, 6) is -3.38. The number of hydrogen-bond donors (Lipinski definition) is 8. The van der Waals surface area contributed by atoms with E-state index in [1.54, 1.807) is 0 Å². The lowest BCUT2D eigenvalue weighted by atomic mass is 10.1. The highest BCUT2D eigenvalue weighted by molar-refractivity contribution is 7.86. The van der Waals surface area contributed by atoms with Gasteiger partial charge in [0.25, 0.3) is 30.4 Å². The van der Waals surface area contributed by atoms with Gasteiger partial charge in [0.05, 0.1) is 45.6 Å². The van der Waals surface area contributed by atoms with E-state index in [9.17, 15) is 69.2 Å². The predicted molar refractivity (Wildman–Crippen MR) is 223 cm³/mol. The molecule has 1 heterocycles. The van der Waals surface area contributed by atoms with Crippen molar-refractivity contribution in [2.45, 2.75) is 21.6 Å². The van der Waals surface area contributed by atoms with Crippen LogP contribution in [0.3, 0.4) is 0 Å². The number of aromatic nitrogens is 2. The number of nitrogens with zero attached hydrogens (tertiary/aromatic N) is 8. The summed E-state index contributed by atoms with van der Waals surface area (Å²) in [6.07, 6.45) is 0. The number of ether oxygens (including phenoxy) is 2. The summed E-state index contributed by atoms with van der Waals surface area (Å²) in [5, 5.41) is 79.0. The molecular formula is C37H32N8O17S3. The SMILES string of the molecule is Cc1nn(-c2ccc3c(O)c(N=Nc4cc(OCCO)c(N=Nc5ccc(S(=O)(=O)O)cc5C(=O)O)cc4OCCO)c(S(=O)(=O)O)cc3c2)c(O)c1N=Nc1ccc(S(=O)(=O)O)cc1. The number of aromatic carboxylic acids is 1. The molecule has 6 aromatic rings. The van der Waals surface area contributed by atoms with Gasteiger partial charge >= 0.3 is 5.97 Å². The lowest BCUT2D eigenvalue weighted by molar-refractivity contribution is 0.0697. The van der Waals surface area contributed by atoms with Crippen LogP contribution >= 0.6 is 0 Å². The third kappa shape index (κ3) is 10.7. The number of hydrogen-bond acceptors (Lipinski definition) is 20. The highest BCUT2D eigenvalue weighted by atomic mass is 32.2. The lowest BCUT2D eigenvalue weighted by Gasteiger charge is -2.13. The second-order valence-corrected chi connectivity index (χ2v) is 17.3. The monoisotopic (exact) mass is 956 g/mol. The summed E-state index contributed by atoms with van der Waals surface area (Å²) in [6.45, 7) is -0.279. The third-order valence-corrected chi connectivity index (χ3v) is 11.3. The van der Waals surface area contributed by atoms with Crippen LogP contribution in [0.15, 0.2) is 124 Å². The standard InChI is InChI=1S/C37H32N8O17S3/c1-19-33(42-38-21-2-5-23(6-3-21)63(52,53)54)36(49)45(44-19)22-4-8-25-20(14-22)15-32(65(58,59)60)34(35(25)48)43-41-29-18-30(61-12-10-46)28(17-31(29)62-13-11-47)40-39-27-9-7-24(64(55,56)57)16-26(27)37(50)51/h2-9,14-18,46-49H,10-13H2,1H3,(H,50,51)(H,52,53,54)(H,55,56,57)(H,58,59,60). The van der Waals surface area contributed by atoms with E-state index in [2.05, 4.69) is 35.8 Å². The Kier molecular flexibility index (Phi) is 13.6. The quantitative estimate of drug-likeness (QED) is 0.0374. The summed E-state index contributed by atoms with van der Waals surface area (Å²) >= 11 is 0. The number of phenols is 1. The van der Waals surface area contributed by atoms with Crippen molar-refractivity contribution in [1.82, 2.24) is 9.78 Å². The zero-order chi connectivity index (χ0) is 47.4. The van der Waals surface area contributed by atoms with E-state index in [0.717, 1.165) is 47.1 Å². The first-order valence-electron chi connectivity index (χ1n) is 18.0. The van der Waals surface area contributed by atoms with Crippen LogP contribution in [0, 0.1) is 6.92 Å². The minimum absolute atomic E-state index is 0.0127. The minimum Gasteiger partial charge on any atom is -0.505 e. The van der Waals surface area contributed by atoms with Crippen molar-refractivity contribution in [3.63, 3.8) is 0 Å². The van der Waals surface area contributed by atoms with Crippen molar-refractivity contribution in [3.8, 4) is 28.8 Å². The number of rotatable bonds is 17. The van der Waals surface area contributed by atoms with Crippen LogP contribution < -0.4 is 9.47 Å². The van der Waals surface area contributed by atoms with Crippen molar-refractivity contribution < 1.29 is 78.7 Å². The van der Waals surface area contributed by atoms with Gasteiger partial charge in [-0.15, -0.1) is 25.6 Å².